The molecule has 1 aromatic heterocycles. The van der Waals surface area contributed by atoms with Gasteiger partial charge in [0.15, 0.2) is 0 Å². The van der Waals surface area contributed by atoms with E-state index in [4.69, 9.17) is 4.74 Å². The van der Waals surface area contributed by atoms with Crippen LogP contribution in [0.4, 0.5) is 0 Å². The van der Waals surface area contributed by atoms with Crippen LogP contribution in [0.3, 0.4) is 0 Å². The van der Waals surface area contributed by atoms with Gasteiger partial charge in [0.25, 0.3) is 10.2 Å². The van der Waals surface area contributed by atoms with E-state index >= 15 is 0 Å². The third kappa shape index (κ3) is 4.32. The Balaban J connectivity index is 1.59. The zero-order valence-corrected chi connectivity index (χ0v) is 15.2. The molecule has 0 radical (unpaired) electrons. The van der Waals surface area contributed by atoms with Gasteiger partial charge in [-0.2, -0.15) is 17.0 Å². The third-order valence-electron chi connectivity index (χ3n) is 4.35. The van der Waals surface area contributed by atoms with Crippen molar-refractivity contribution in [2.75, 3.05) is 52.5 Å². The minimum Gasteiger partial charge on any atom is -0.379 e. The molecule has 8 heteroatoms. The molecule has 2 aliphatic rings. The standard InChI is InChI=1S/C15H25N3O3S2/c1-14-3-4-15(22-14)13-16-5-2-6-17(8-7-16)23(19,20)18-9-11-21-12-10-18/h3-4H,2,5-13H2,1H3. The molecule has 2 saturated heterocycles. The number of hydrogen-bond acceptors (Lipinski definition) is 5. The van der Waals surface area contributed by atoms with Crippen LogP contribution in [0.2, 0.25) is 0 Å². The van der Waals surface area contributed by atoms with Crippen molar-refractivity contribution in [1.29, 1.82) is 0 Å². The summed E-state index contributed by atoms with van der Waals surface area (Å²) in [5, 5.41) is 0. The van der Waals surface area contributed by atoms with Crippen LogP contribution >= 0.6 is 11.3 Å². The summed E-state index contributed by atoms with van der Waals surface area (Å²) < 4.78 is 34.0. The van der Waals surface area contributed by atoms with Gasteiger partial charge in [-0.15, -0.1) is 11.3 Å². The van der Waals surface area contributed by atoms with E-state index in [0.717, 1.165) is 26.1 Å². The van der Waals surface area contributed by atoms with Crippen LogP contribution in [0.1, 0.15) is 16.2 Å². The maximum Gasteiger partial charge on any atom is 0.282 e. The molecule has 0 atom stereocenters. The molecule has 3 rings (SSSR count). The summed E-state index contributed by atoms with van der Waals surface area (Å²) in [6, 6.07) is 4.32. The lowest BCUT2D eigenvalue weighted by Crippen LogP contribution is -2.49. The lowest BCUT2D eigenvalue weighted by molar-refractivity contribution is 0.0702. The van der Waals surface area contributed by atoms with E-state index < -0.39 is 10.2 Å². The minimum atomic E-state index is -3.34. The Labute approximate surface area is 142 Å². The summed E-state index contributed by atoms with van der Waals surface area (Å²) in [6.07, 6.45) is 0.883. The molecule has 2 aliphatic heterocycles. The van der Waals surface area contributed by atoms with Crippen molar-refractivity contribution in [3.05, 3.63) is 21.9 Å². The molecule has 0 aromatic carbocycles. The molecule has 0 saturated carbocycles. The first-order valence-electron chi connectivity index (χ1n) is 8.16. The van der Waals surface area contributed by atoms with E-state index in [1.807, 2.05) is 11.3 Å². The Hall–Kier alpha value is -0.510. The number of morpholine rings is 1. The monoisotopic (exact) mass is 359 g/mol. The second-order valence-electron chi connectivity index (χ2n) is 6.06. The lowest BCUT2D eigenvalue weighted by Gasteiger charge is -2.31. The SMILES string of the molecule is Cc1ccc(CN2CCCN(S(=O)(=O)N3CCOCC3)CC2)s1. The number of nitrogens with zero attached hydrogens (tertiary/aromatic N) is 3. The smallest absolute Gasteiger partial charge is 0.282 e. The first kappa shape index (κ1) is 17.3. The minimum absolute atomic E-state index is 0.469. The van der Waals surface area contributed by atoms with Crippen LogP contribution in [0, 0.1) is 6.92 Å². The van der Waals surface area contributed by atoms with Crippen LogP contribution in [-0.2, 0) is 21.5 Å². The van der Waals surface area contributed by atoms with Gasteiger partial charge in [0, 0.05) is 49.0 Å². The van der Waals surface area contributed by atoms with Crippen LogP contribution in [0.25, 0.3) is 0 Å². The Morgan fingerprint density at radius 1 is 1.04 bits per heavy atom. The highest BCUT2D eigenvalue weighted by Crippen LogP contribution is 2.19. The molecule has 0 N–H and O–H groups in total. The first-order chi connectivity index (χ1) is 11.1. The van der Waals surface area contributed by atoms with E-state index in [0.29, 0.717) is 39.4 Å². The van der Waals surface area contributed by atoms with Gasteiger partial charge in [0.05, 0.1) is 13.2 Å². The Kier molecular flexibility index (Phi) is 5.71. The zero-order chi connectivity index (χ0) is 16.3. The molecule has 0 spiro atoms. The number of aryl methyl sites for hydroxylation is 1. The number of thiophene rings is 1. The van der Waals surface area contributed by atoms with Crippen molar-refractivity contribution >= 4 is 21.5 Å². The Bertz CT molecular complexity index is 611. The van der Waals surface area contributed by atoms with Gasteiger partial charge in [0.1, 0.15) is 0 Å². The third-order valence-corrected chi connectivity index (χ3v) is 7.37. The summed E-state index contributed by atoms with van der Waals surface area (Å²) in [5.41, 5.74) is 0. The summed E-state index contributed by atoms with van der Waals surface area (Å²) in [4.78, 5) is 5.04. The van der Waals surface area contributed by atoms with Gasteiger partial charge < -0.3 is 4.74 Å². The van der Waals surface area contributed by atoms with E-state index in [-0.39, 0.29) is 0 Å². The lowest BCUT2D eigenvalue weighted by atomic mass is 10.3. The maximum atomic E-state index is 12.7. The van der Waals surface area contributed by atoms with Gasteiger partial charge in [-0.3, -0.25) is 4.90 Å². The van der Waals surface area contributed by atoms with Crippen LogP contribution < -0.4 is 0 Å². The van der Waals surface area contributed by atoms with Crippen LogP contribution in [0.5, 0.6) is 0 Å². The normalized spacial score (nSPS) is 23.0. The molecule has 0 amide bonds. The van der Waals surface area contributed by atoms with Crippen LogP contribution in [-0.4, -0.2) is 74.4 Å². The van der Waals surface area contributed by atoms with Crippen molar-refractivity contribution in [2.45, 2.75) is 19.9 Å². The fourth-order valence-corrected chi connectivity index (χ4v) is 5.61. The first-order valence-corrected chi connectivity index (χ1v) is 10.4. The number of ether oxygens (including phenoxy) is 1. The molecular formula is C15H25N3O3S2. The number of rotatable bonds is 4. The van der Waals surface area contributed by atoms with Crippen LogP contribution in [0.15, 0.2) is 12.1 Å². The molecule has 23 heavy (non-hydrogen) atoms. The summed E-state index contributed by atoms with van der Waals surface area (Å²) in [7, 11) is -3.34. The van der Waals surface area contributed by atoms with Crippen molar-refractivity contribution in [2.24, 2.45) is 0 Å². The molecular weight excluding hydrogens is 334 g/mol. The molecule has 0 unspecified atom stereocenters. The molecule has 0 bridgehead atoms. The highest BCUT2D eigenvalue weighted by molar-refractivity contribution is 7.86. The van der Waals surface area contributed by atoms with E-state index in [1.54, 1.807) is 8.61 Å². The van der Waals surface area contributed by atoms with Gasteiger partial charge >= 0.3 is 0 Å². The topological polar surface area (TPSA) is 53.1 Å². The van der Waals surface area contributed by atoms with Gasteiger partial charge in [-0.05, 0) is 32.0 Å². The second-order valence-corrected chi connectivity index (χ2v) is 9.36. The molecule has 130 valence electrons. The zero-order valence-electron chi connectivity index (χ0n) is 13.6. The Morgan fingerprint density at radius 3 is 2.48 bits per heavy atom. The number of hydrogen-bond donors (Lipinski definition) is 0. The molecule has 6 nitrogen and oxygen atoms in total. The molecule has 0 aliphatic carbocycles. The predicted molar refractivity (Wildman–Crippen MR) is 91.8 cm³/mol. The van der Waals surface area contributed by atoms with Gasteiger partial charge in [0.2, 0.25) is 0 Å². The largest absolute Gasteiger partial charge is 0.379 e. The fraction of sp³-hybridized carbons (Fsp3) is 0.733. The quantitative estimate of drug-likeness (QED) is 0.809. The molecule has 3 heterocycles. The predicted octanol–water partition coefficient (Wildman–Crippen LogP) is 1.14. The average Bonchev–Trinajstić information content (AvgIpc) is 2.81. The van der Waals surface area contributed by atoms with E-state index in [2.05, 4.69) is 24.0 Å². The summed E-state index contributed by atoms with van der Waals surface area (Å²) >= 11 is 1.82. The summed E-state index contributed by atoms with van der Waals surface area (Å²) in [5.74, 6) is 0. The van der Waals surface area contributed by atoms with E-state index in [9.17, 15) is 8.42 Å². The summed E-state index contributed by atoms with van der Waals surface area (Å²) in [6.45, 7) is 7.90. The van der Waals surface area contributed by atoms with Crippen molar-refractivity contribution in [1.82, 2.24) is 13.5 Å². The average molecular weight is 360 g/mol. The highest BCUT2D eigenvalue weighted by atomic mass is 32.2. The Morgan fingerprint density at radius 2 is 1.78 bits per heavy atom. The van der Waals surface area contributed by atoms with Gasteiger partial charge in [-0.25, -0.2) is 0 Å². The molecule has 1 aromatic rings. The van der Waals surface area contributed by atoms with E-state index in [1.165, 1.54) is 9.75 Å². The van der Waals surface area contributed by atoms with Crippen molar-refractivity contribution in [3.8, 4) is 0 Å². The second kappa shape index (κ2) is 7.58. The van der Waals surface area contributed by atoms with Crippen molar-refractivity contribution < 1.29 is 13.2 Å². The highest BCUT2D eigenvalue weighted by Gasteiger charge is 2.32. The van der Waals surface area contributed by atoms with Gasteiger partial charge in [-0.1, -0.05) is 0 Å². The fourth-order valence-electron chi connectivity index (χ4n) is 3.07. The maximum absolute atomic E-state index is 12.7. The molecule has 2 fully saturated rings. The van der Waals surface area contributed by atoms with Crippen molar-refractivity contribution in [3.63, 3.8) is 0 Å².